The van der Waals surface area contributed by atoms with Crippen molar-refractivity contribution in [2.45, 2.75) is 52.4 Å². The number of unbranched alkanes of at least 4 members (excludes halogenated alkanes) is 3. The summed E-state index contributed by atoms with van der Waals surface area (Å²) in [6, 6.07) is 5.98. The average Bonchev–Trinajstić information content (AvgIpc) is 2.38. The minimum atomic E-state index is -0.222. The van der Waals surface area contributed by atoms with Gasteiger partial charge in [0.05, 0.1) is 13.0 Å². The minimum absolute atomic E-state index is 0.222. The molecule has 0 fully saturated rings. The van der Waals surface area contributed by atoms with Crippen LogP contribution >= 0.6 is 11.6 Å². The maximum atomic E-state index is 11.4. The summed E-state index contributed by atoms with van der Waals surface area (Å²) in [6.07, 6.45) is 6.30. The van der Waals surface area contributed by atoms with Crippen LogP contribution in [0.15, 0.2) is 18.2 Å². The summed E-state index contributed by atoms with van der Waals surface area (Å²) in [7, 11) is 0. The van der Waals surface area contributed by atoms with E-state index in [-0.39, 0.29) is 12.4 Å². The van der Waals surface area contributed by atoms with E-state index in [0.717, 1.165) is 12.0 Å². The summed E-state index contributed by atoms with van der Waals surface area (Å²) in [5.41, 5.74) is 2.09. The molecule has 1 aromatic rings. The number of ether oxygens (including phenoxy) is 1. The third-order valence-corrected chi connectivity index (χ3v) is 3.43. The molecule has 0 saturated carbocycles. The Bertz CT molecular complexity index is 402. The molecule has 106 valence electrons. The predicted molar refractivity (Wildman–Crippen MR) is 79.6 cm³/mol. The lowest BCUT2D eigenvalue weighted by atomic mass is 10.0. The Balaban J connectivity index is 2.51. The number of hydrogen-bond donors (Lipinski definition) is 0. The third-order valence-electron chi connectivity index (χ3n) is 3.08. The number of carbonyl (C=O) groups excluding carboxylic acids is 1. The van der Waals surface area contributed by atoms with Crippen molar-refractivity contribution in [3.05, 3.63) is 34.3 Å². The van der Waals surface area contributed by atoms with Gasteiger partial charge in [0.15, 0.2) is 0 Å². The molecule has 0 saturated heterocycles. The predicted octanol–water partition coefficient (Wildman–Crippen LogP) is 4.57. The Hall–Kier alpha value is -1.02. The standard InChI is InChI=1S/C16H23ClO2/c1-3-5-6-7-8-13-9-10-14(15(17)11-13)12-16(18)19-4-2/h9-11H,3-8,12H2,1-2H3. The van der Waals surface area contributed by atoms with Gasteiger partial charge in [-0.3, -0.25) is 4.79 Å². The van der Waals surface area contributed by atoms with Crippen LogP contribution in [0.2, 0.25) is 5.02 Å². The summed E-state index contributed by atoms with van der Waals surface area (Å²) in [5.74, 6) is -0.222. The van der Waals surface area contributed by atoms with Gasteiger partial charge in [-0.1, -0.05) is 49.9 Å². The van der Waals surface area contributed by atoms with E-state index in [1.165, 1.54) is 31.2 Å². The lowest BCUT2D eigenvalue weighted by Gasteiger charge is -2.07. The minimum Gasteiger partial charge on any atom is -0.466 e. The zero-order valence-corrected chi connectivity index (χ0v) is 12.6. The fourth-order valence-electron chi connectivity index (χ4n) is 2.01. The first-order valence-electron chi connectivity index (χ1n) is 7.10. The molecule has 0 radical (unpaired) electrons. The monoisotopic (exact) mass is 282 g/mol. The van der Waals surface area contributed by atoms with E-state index in [0.29, 0.717) is 11.6 Å². The Morgan fingerprint density at radius 3 is 2.63 bits per heavy atom. The van der Waals surface area contributed by atoms with Gasteiger partial charge in [-0.05, 0) is 37.0 Å². The van der Waals surface area contributed by atoms with Crippen LogP contribution in [-0.4, -0.2) is 12.6 Å². The van der Waals surface area contributed by atoms with E-state index in [1.54, 1.807) is 6.92 Å². The van der Waals surface area contributed by atoms with Crippen LogP contribution in [0.4, 0.5) is 0 Å². The van der Waals surface area contributed by atoms with Gasteiger partial charge in [0.2, 0.25) is 0 Å². The second kappa shape index (κ2) is 8.98. The molecule has 0 aliphatic heterocycles. The topological polar surface area (TPSA) is 26.3 Å². The number of esters is 1. The van der Waals surface area contributed by atoms with E-state index in [4.69, 9.17) is 16.3 Å². The SMILES string of the molecule is CCCCCCc1ccc(CC(=O)OCC)c(Cl)c1. The zero-order valence-electron chi connectivity index (χ0n) is 11.9. The normalized spacial score (nSPS) is 10.5. The molecule has 0 spiro atoms. The highest BCUT2D eigenvalue weighted by molar-refractivity contribution is 6.31. The average molecular weight is 283 g/mol. The highest BCUT2D eigenvalue weighted by Crippen LogP contribution is 2.20. The summed E-state index contributed by atoms with van der Waals surface area (Å²) < 4.78 is 4.93. The first-order valence-corrected chi connectivity index (χ1v) is 7.48. The molecular weight excluding hydrogens is 260 g/mol. The van der Waals surface area contributed by atoms with Crippen molar-refractivity contribution in [1.29, 1.82) is 0 Å². The molecular formula is C16H23ClO2. The van der Waals surface area contributed by atoms with Gasteiger partial charge in [-0.2, -0.15) is 0 Å². The molecule has 0 N–H and O–H groups in total. The van der Waals surface area contributed by atoms with Crippen molar-refractivity contribution < 1.29 is 9.53 Å². The van der Waals surface area contributed by atoms with Gasteiger partial charge in [-0.15, -0.1) is 0 Å². The highest BCUT2D eigenvalue weighted by Gasteiger charge is 2.08. The summed E-state index contributed by atoms with van der Waals surface area (Å²) in [6.45, 7) is 4.42. The molecule has 0 aliphatic rings. The lowest BCUT2D eigenvalue weighted by Crippen LogP contribution is -2.07. The van der Waals surface area contributed by atoms with Gasteiger partial charge in [0.1, 0.15) is 0 Å². The van der Waals surface area contributed by atoms with E-state index in [2.05, 4.69) is 13.0 Å². The van der Waals surface area contributed by atoms with Gasteiger partial charge >= 0.3 is 5.97 Å². The van der Waals surface area contributed by atoms with Crippen LogP contribution in [0.1, 0.15) is 50.7 Å². The van der Waals surface area contributed by atoms with E-state index >= 15 is 0 Å². The summed E-state index contributed by atoms with van der Waals surface area (Å²) in [5, 5.41) is 0.668. The van der Waals surface area contributed by atoms with Crippen molar-refractivity contribution in [1.82, 2.24) is 0 Å². The molecule has 0 bridgehead atoms. The largest absolute Gasteiger partial charge is 0.466 e. The molecule has 1 rings (SSSR count). The summed E-state index contributed by atoms with van der Waals surface area (Å²) >= 11 is 6.21. The summed E-state index contributed by atoms with van der Waals surface area (Å²) in [4.78, 5) is 11.4. The van der Waals surface area contributed by atoms with Gasteiger partial charge in [0, 0.05) is 5.02 Å². The second-order valence-electron chi connectivity index (χ2n) is 4.72. The molecule has 0 amide bonds. The Labute approximate surface area is 121 Å². The number of halogens is 1. The highest BCUT2D eigenvalue weighted by atomic mass is 35.5. The molecule has 1 aromatic carbocycles. The molecule has 2 nitrogen and oxygen atoms in total. The quantitative estimate of drug-likeness (QED) is 0.516. The van der Waals surface area contributed by atoms with Gasteiger partial charge in [0.25, 0.3) is 0 Å². The Morgan fingerprint density at radius 2 is 2.00 bits per heavy atom. The number of rotatable bonds is 8. The fraction of sp³-hybridized carbons (Fsp3) is 0.562. The molecule has 0 unspecified atom stereocenters. The first kappa shape index (κ1) is 16.0. The van der Waals surface area contributed by atoms with Crippen LogP contribution in [0.5, 0.6) is 0 Å². The van der Waals surface area contributed by atoms with Crippen LogP contribution < -0.4 is 0 Å². The molecule has 0 atom stereocenters. The van der Waals surface area contributed by atoms with Crippen molar-refractivity contribution in [2.75, 3.05) is 6.61 Å². The second-order valence-corrected chi connectivity index (χ2v) is 5.13. The number of benzene rings is 1. The van der Waals surface area contributed by atoms with Crippen molar-refractivity contribution in [3.8, 4) is 0 Å². The lowest BCUT2D eigenvalue weighted by molar-refractivity contribution is -0.142. The van der Waals surface area contributed by atoms with Crippen LogP contribution in [0, 0.1) is 0 Å². The molecule has 19 heavy (non-hydrogen) atoms. The van der Waals surface area contributed by atoms with E-state index < -0.39 is 0 Å². The number of aryl methyl sites for hydroxylation is 1. The zero-order chi connectivity index (χ0) is 14.1. The Morgan fingerprint density at radius 1 is 1.21 bits per heavy atom. The van der Waals surface area contributed by atoms with Crippen LogP contribution in [0.3, 0.4) is 0 Å². The van der Waals surface area contributed by atoms with Crippen LogP contribution in [-0.2, 0) is 22.4 Å². The maximum absolute atomic E-state index is 11.4. The van der Waals surface area contributed by atoms with E-state index in [1.807, 2.05) is 12.1 Å². The maximum Gasteiger partial charge on any atom is 0.310 e. The number of hydrogen-bond acceptors (Lipinski definition) is 2. The first-order chi connectivity index (χ1) is 9.17. The smallest absolute Gasteiger partial charge is 0.310 e. The van der Waals surface area contributed by atoms with Crippen LogP contribution in [0.25, 0.3) is 0 Å². The van der Waals surface area contributed by atoms with Crippen molar-refractivity contribution >= 4 is 17.6 Å². The fourth-order valence-corrected chi connectivity index (χ4v) is 2.28. The molecule has 0 aromatic heterocycles. The number of carbonyl (C=O) groups is 1. The molecule has 0 aliphatic carbocycles. The van der Waals surface area contributed by atoms with Crippen molar-refractivity contribution in [3.63, 3.8) is 0 Å². The molecule has 0 heterocycles. The van der Waals surface area contributed by atoms with E-state index in [9.17, 15) is 4.79 Å². The van der Waals surface area contributed by atoms with Gasteiger partial charge in [-0.25, -0.2) is 0 Å². The molecule has 3 heteroatoms. The van der Waals surface area contributed by atoms with Gasteiger partial charge < -0.3 is 4.74 Å². The third kappa shape index (κ3) is 6.11. The van der Waals surface area contributed by atoms with Crippen molar-refractivity contribution in [2.24, 2.45) is 0 Å². The Kier molecular flexibility index (Phi) is 7.57.